The first-order chi connectivity index (χ1) is 5.11. The molecule has 0 saturated heterocycles. The molecule has 58 valence electrons. The Balaban J connectivity index is 2.87. The van der Waals surface area contributed by atoms with Crippen LogP contribution in [0.5, 0.6) is 0 Å². The van der Waals surface area contributed by atoms with Gasteiger partial charge in [0.2, 0.25) is 0 Å². The minimum Gasteiger partial charge on any atom is -0.359 e. The highest BCUT2D eigenvalue weighted by Crippen LogP contribution is 2.24. The number of hydrogen-bond donors (Lipinski definition) is 1. The van der Waals surface area contributed by atoms with Crippen molar-refractivity contribution in [2.75, 3.05) is 0 Å². The summed E-state index contributed by atoms with van der Waals surface area (Å²) in [6.45, 7) is 1.67. The summed E-state index contributed by atoms with van der Waals surface area (Å²) in [4.78, 5) is 3.10. The molecule has 1 aromatic heterocycles. The summed E-state index contributed by atoms with van der Waals surface area (Å²) in [6, 6.07) is 1.52. The second-order valence-electron chi connectivity index (χ2n) is 2.37. The average Bonchev–Trinajstić information content (AvgIpc) is 2.37. The minimum absolute atomic E-state index is 0.287. The Morgan fingerprint density at radius 2 is 2.27 bits per heavy atom. The Morgan fingerprint density at radius 1 is 1.55 bits per heavy atom. The van der Waals surface area contributed by atoms with Crippen molar-refractivity contribution in [3.05, 3.63) is 18.0 Å². The minimum atomic E-state index is -3.35. The molecule has 0 spiro atoms. The van der Waals surface area contributed by atoms with E-state index >= 15 is 0 Å². The summed E-state index contributed by atoms with van der Waals surface area (Å²) in [5.74, 6) is 0. The number of nitrogens with zero attached hydrogens (tertiary/aromatic N) is 1. The quantitative estimate of drug-likeness (QED) is 0.617. The van der Waals surface area contributed by atoms with Crippen LogP contribution in [0.2, 0.25) is 0 Å². The van der Waals surface area contributed by atoms with Crippen molar-refractivity contribution >= 4 is 15.7 Å². The molecule has 1 aliphatic heterocycles. The number of H-pyrrole nitrogens is 1. The molecule has 5 heteroatoms. The van der Waals surface area contributed by atoms with Gasteiger partial charge >= 0.3 is 0 Å². The number of aromatic nitrogens is 1. The monoisotopic (exact) mass is 170 g/mol. The van der Waals surface area contributed by atoms with Crippen molar-refractivity contribution in [3.63, 3.8) is 0 Å². The predicted molar refractivity (Wildman–Crippen MR) is 40.2 cm³/mol. The van der Waals surface area contributed by atoms with E-state index in [0.29, 0.717) is 11.4 Å². The van der Waals surface area contributed by atoms with Crippen LogP contribution in [0.25, 0.3) is 0 Å². The Labute approximate surface area is 64.0 Å². The van der Waals surface area contributed by atoms with E-state index in [1.165, 1.54) is 6.07 Å². The first-order valence-corrected chi connectivity index (χ1v) is 4.54. The van der Waals surface area contributed by atoms with Crippen LogP contribution in [0.3, 0.4) is 0 Å². The van der Waals surface area contributed by atoms with Crippen LogP contribution in [0.4, 0.5) is 0 Å². The largest absolute Gasteiger partial charge is 0.359 e. The fourth-order valence-electron chi connectivity index (χ4n) is 1.13. The van der Waals surface area contributed by atoms with Gasteiger partial charge in [0.05, 0.1) is 11.4 Å². The number of sulfonamides is 1. The molecule has 0 aliphatic carbocycles. The fraction of sp³-hybridized carbons (Fsp3) is 0.167. The van der Waals surface area contributed by atoms with Gasteiger partial charge in [0.25, 0.3) is 10.0 Å². The topological polar surface area (TPSA) is 62.3 Å². The zero-order valence-corrected chi connectivity index (χ0v) is 6.64. The summed E-state index contributed by atoms with van der Waals surface area (Å²) < 4.78 is 25.7. The standard InChI is InChI=1S/C6H6N2O2S/c1-4-6-5(2-3-7-6)11(9,10)8-4/h2-3,7H,1H3. The van der Waals surface area contributed by atoms with E-state index in [4.69, 9.17) is 0 Å². The van der Waals surface area contributed by atoms with E-state index in [2.05, 4.69) is 9.38 Å². The maximum Gasteiger partial charge on any atom is 0.284 e. The van der Waals surface area contributed by atoms with Gasteiger partial charge in [-0.05, 0) is 13.0 Å². The van der Waals surface area contributed by atoms with E-state index in [9.17, 15) is 8.42 Å². The molecular formula is C6H6N2O2S. The van der Waals surface area contributed by atoms with Gasteiger partial charge in [-0.1, -0.05) is 0 Å². The molecule has 0 atom stereocenters. The molecule has 0 saturated carbocycles. The van der Waals surface area contributed by atoms with Crippen molar-refractivity contribution in [1.82, 2.24) is 4.98 Å². The van der Waals surface area contributed by atoms with Crippen molar-refractivity contribution in [3.8, 4) is 0 Å². The van der Waals surface area contributed by atoms with Gasteiger partial charge < -0.3 is 4.98 Å². The lowest BCUT2D eigenvalue weighted by Crippen LogP contribution is -1.89. The highest BCUT2D eigenvalue weighted by Gasteiger charge is 2.26. The lowest BCUT2D eigenvalue weighted by molar-refractivity contribution is 0.599. The molecule has 1 aliphatic rings. The highest BCUT2D eigenvalue weighted by atomic mass is 32.2. The van der Waals surface area contributed by atoms with Gasteiger partial charge in [-0.25, -0.2) is 0 Å². The van der Waals surface area contributed by atoms with E-state index < -0.39 is 10.0 Å². The second-order valence-corrected chi connectivity index (χ2v) is 3.94. The molecular weight excluding hydrogens is 164 g/mol. The average molecular weight is 170 g/mol. The molecule has 1 aromatic rings. The molecule has 1 N–H and O–H groups in total. The number of rotatable bonds is 0. The van der Waals surface area contributed by atoms with Crippen LogP contribution >= 0.6 is 0 Å². The van der Waals surface area contributed by atoms with E-state index in [-0.39, 0.29) is 4.90 Å². The molecule has 4 nitrogen and oxygen atoms in total. The molecule has 0 aromatic carbocycles. The molecule has 0 unspecified atom stereocenters. The summed E-state index contributed by atoms with van der Waals surface area (Å²) in [6.07, 6.45) is 1.60. The van der Waals surface area contributed by atoms with Gasteiger partial charge in [0.1, 0.15) is 4.90 Å². The van der Waals surface area contributed by atoms with Gasteiger partial charge in [-0.15, -0.1) is 0 Å². The van der Waals surface area contributed by atoms with Crippen molar-refractivity contribution in [1.29, 1.82) is 0 Å². The molecule has 11 heavy (non-hydrogen) atoms. The van der Waals surface area contributed by atoms with Gasteiger partial charge in [-0.3, -0.25) is 0 Å². The smallest absolute Gasteiger partial charge is 0.284 e. The van der Waals surface area contributed by atoms with Crippen LogP contribution < -0.4 is 0 Å². The van der Waals surface area contributed by atoms with Crippen molar-refractivity contribution in [2.45, 2.75) is 11.8 Å². The third-order valence-corrected chi connectivity index (χ3v) is 3.02. The van der Waals surface area contributed by atoms with E-state index in [0.717, 1.165) is 0 Å². The van der Waals surface area contributed by atoms with E-state index in [1.54, 1.807) is 13.1 Å². The predicted octanol–water partition coefficient (Wildman–Crippen LogP) is 0.526. The first kappa shape index (κ1) is 6.60. The lowest BCUT2D eigenvalue weighted by Gasteiger charge is -1.84. The third kappa shape index (κ3) is 0.742. The SMILES string of the molecule is CC1=NS(=O)(=O)c2cc[nH]c21. The summed E-state index contributed by atoms with van der Waals surface area (Å²) in [5.41, 5.74) is 1.15. The van der Waals surface area contributed by atoms with Crippen molar-refractivity contribution < 1.29 is 8.42 Å². The lowest BCUT2D eigenvalue weighted by atomic mass is 10.3. The third-order valence-electron chi connectivity index (χ3n) is 1.61. The number of aromatic amines is 1. The molecule has 2 heterocycles. The summed E-state index contributed by atoms with van der Waals surface area (Å²) in [5, 5.41) is 0. The second kappa shape index (κ2) is 1.73. The van der Waals surface area contributed by atoms with Gasteiger partial charge in [0.15, 0.2) is 0 Å². The van der Waals surface area contributed by atoms with Crippen LogP contribution in [-0.4, -0.2) is 19.1 Å². The Hall–Kier alpha value is -1.10. The maximum absolute atomic E-state index is 11.1. The molecule has 0 radical (unpaired) electrons. The molecule has 0 bridgehead atoms. The zero-order chi connectivity index (χ0) is 8.06. The first-order valence-electron chi connectivity index (χ1n) is 3.10. The molecule has 0 amide bonds. The number of hydrogen-bond acceptors (Lipinski definition) is 2. The maximum atomic E-state index is 11.1. The molecule has 2 rings (SSSR count). The summed E-state index contributed by atoms with van der Waals surface area (Å²) >= 11 is 0. The molecule has 0 fully saturated rings. The Kier molecular flexibility index (Phi) is 1.04. The van der Waals surface area contributed by atoms with Gasteiger partial charge in [0, 0.05) is 6.20 Å². The Morgan fingerprint density at radius 3 is 2.91 bits per heavy atom. The van der Waals surface area contributed by atoms with Crippen LogP contribution in [-0.2, 0) is 10.0 Å². The van der Waals surface area contributed by atoms with Gasteiger partial charge in [-0.2, -0.15) is 12.8 Å². The van der Waals surface area contributed by atoms with Crippen LogP contribution in [0, 0.1) is 0 Å². The highest BCUT2D eigenvalue weighted by molar-refractivity contribution is 7.90. The normalized spacial score (nSPS) is 19.5. The van der Waals surface area contributed by atoms with Crippen molar-refractivity contribution in [2.24, 2.45) is 4.40 Å². The number of nitrogens with one attached hydrogen (secondary N) is 1. The summed E-state index contributed by atoms with van der Waals surface area (Å²) in [7, 11) is -3.35. The fourth-order valence-corrected chi connectivity index (χ4v) is 2.38. The zero-order valence-electron chi connectivity index (χ0n) is 5.83. The van der Waals surface area contributed by atoms with Crippen LogP contribution in [0.1, 0.15) is 12.6 Å². The van der Waals surface area contributed by atoms with E-state index in [1.807, 2.05) is 0 Å². The van der Waals surface area contributed by atoms with Crippen LogP contribution in [0.15, 0.2) is 21.6 Å². The number of fused-ring (bicyclic) bond motifs is 1. The Bertz CT molecular complexity index is 427.